The first-order valence-electron chi connectivity index (χ1n) is 8.13. The van der Waals surface area contributed by atoms with Gasteiger partial charge in [-0.15, -0.1) is 0 Å². The second-order valence-electron chi connectivity index (χ2n) is 6.24. The zero-order valence-electron chi connectivity index (χ0n) is 13.4. The SMILES string of the molecule is CCNc1cc(NCC2CCC(O)CC2)nc(C(C)C)n1. The molecule has 1 aromatic heterocycles. The second kappa shape index (κ2) is 7.59. The number of rotatable bonds is 6. The van der Waals surface area contributed by atoms with Crippen LogP contribution in [-0.2, 0) is 0 Å². The Kier molecular flexibility index (Phi) is 5.79. The summed E-state index contributed by atoms with van der Waals surface area (Å²) in [6.45, 7) is 8.06. The lowest BCUT2D eigenvalue weighted by atomic mass is 9.87. The third kappa shape index (κ3) is 4.84. The van der Waals surface area contributed by atoms with Crippen molar-refractivity contribution < 1.29 is 5.11 Å². The van der Waals surface area contributed by atoms with Gasteiger partial charge in [0.1, 0.15) is 17.5 Å². The molecule has 1 fully saturated rings. The van der Waals surface area contributed by atoms with E-state index in [1.165, 1.54) is 0 Å². The molecule has 0 atom stereocenters. The van der Waals surface area contributed by atoms with E-state index in [0.717, 1.165) is 56.2 Å². The Morgan fingerprint density at radius 3 is 2.33 bits per heavy atom. The molecule has 0 saturated heterocycles. The number of nitrogens with zero attached hydrogens (tertiary/aromatic N) is 2. The van der Waals surface area contributed by atoms with E-state index in [1.54, 1.807) is 0 Å². The third-order valence-corrected chi connectivity index (χ3v) is 4.01. The van der Waals surface area contributed by atoms with Gasteiger partial charge in [-0.1, -0.05) is 13.8 Å². The zero-order valence-corrected chi connectivity index (χ0v) is 13.4. The molecule has 0 amide bonds. The fraction of sp³-hybridized carbons (Fsp3) is 0.750. The average molecular weight is 292 g/mol. The Morgan fingerprint density at radius 2 is 1.76 bits per heavy atom. The fourth-order valence-corrected chi connectivity index (χ4v) is 2.68. The van der Waals surface area contributed by atoms with Gasteiger partial charge in [0.2, 0.25) is 0 Å². The van der Waals surface area contributed by atoms with Gasteiger partial charge in [-0.05, 0) is 38.5 Å². The van der Waals surface area contributed by atoms with Crippen LogP contribution in [0.2, 0.25) is 0 Å². The summed E-state index contributed by atoms with van der Waals surface area (Å²) < 4.78 is 0. The summed E-state index contributed by atoms with van der Waals surface area (Å²) in [6.07, 6.45) is 3.95. The molecule has 0 spiro atoms. The van der Waals surface area contributed by atoms with Gasteiger partial charge in [0.05, 0.1) is 6.10 Å². The Morgan fingerprint density at radius 1 is 1.14 bits per heavy atom. The number of aliphatic hydroxyl groups excluding tert-OH is 1. The first-order chi connectivity index (χ1) is 10.1. The maximum atomic E-state index is 9.56. The topological polar surface area (TPSA) is 70.1 Å². The molecule has 1 aliphatic rings. The van der Waals surface area contributed by atoms with Gasteiger partial charge in [0, 0.05) is 25.1 Å². The maximum absolute atomic E-state index is 9.56. The number of hydrogen-bond acceptors (Lipinski definition) is 5. The molecule has 5 heteroatoms. The van der Waals surface area contributed by atoms with Gasteiger partial charge in [-0.3, -0.25) is 0 Å². The van der Waals surface area contributed by atoms with Crippen LogP contribution in [0.4, 0.5) is 11.6 Å². The minimum Gasteiger partial charge on any atom is -0.393 e. The van der Waals surface area contributed by atoms with Gasteiger partial charge in [-0.25, -0.2) is 9.97 Å². The van der Waals surface area contributed by atoms with Crippen LogP contribution in [0, 0.1) is 5.92 Å². The summed E-state index contributed by atoms with van der Waals surface area (Å²) in [7, 11) is 0. The zero-order chi connectivity index (χ0) is 15.2. The standard InChI is InChI=1S/C16H28N4O/c1-4-17-14-9-15(20-16(19-14)11(2)3)18-10-12-5-7-13(21)8-6-12/h9,11-13,21H,4-8,10H2,1-3H3,(H2,17,18,19,20). The lowest BCUT2D eigenvalue weighted by molar-refractivity contribution is 0.111. The Labute approximate surface area is 127 Å². The molecule has 0 bridgehead atoms. The summed E-state index contributed by atoms with van der Waals surface area (Å²) in [4.78, 5) is 9.13. The van der Waals surface area contributed by atoms with Crippen molar-refractivity contribution in [3.05, 3.63) is 11.9 Å². The molecular formula is C16H28N4O. The van der Waals surface area contributed by atoms with E-state index >= 15 is 0 Å². The average Bonchev–Trinajstić information content (AvgIpc) is 2.47. The first-order valence-corrected chi connectivity index (χ1v) is 8.13. The molecule has 0 unspecified atom stereocenters. The smallest absolute Gasteiger partial charge is 0.135 e. The molecule has 1 aliphatic carbocycles. The molecule has 2 rings (SSSR count). The molecule has 21 heavy (non-hydrogen) atoms. The number of nitrogens with one attached hydrogen (secondary N) is 2. The lowest BCUT2D eigenvalue weighted by Gasteiger charge is -2.25. The van der Waals surface area contributed by atoms with Crippen molar-refractivity contribution in [3.63, 3.8) is 0 Å². The molecule has 5 nitrogen and oxygen atoms in total. The predicted molar refractivity (Wildman–Crippen MR) is 86.7 cm³/mol. The maximum Gasteiger partial charge on any atom is 0.135 e. The van der Waals surface area contributed by atoms with Crippen LogP contribution >= 0.6 is 0 Å². The molecule has 0 aromatic carbocycles. The quantitative estimate of drug-likeness (QED) is 0.752. The van der Waals surface area contributed by atoms with Crippen LogP contribution in [0.1, 0.15) is 58.2 Å². The Hall–Kier alpha value is -1.36. The first kappa shape index (κ1) is 16.0. The Bertz CT molecular complexity index is 442. The number of anilines is 2. The van der Waals surface area contributed by atoms with Crippen LogP contribution in [-0.4, -0.2) is 34.3 Å². The largest absolute Gasteiger partial charge is 0.393 e. The molecule has 0 radical (unpaired) electrons. The van der Waals surface area contributed by atoms with Crippen molar-refractivity contribution in [3.8, 4) is 0 Å². The lowest BCUT2D eigenvalue weighted by Crippen LogP contribution is -2.24. The van der Waals surface area contributed by atoms with E-state index < -0.39 is 0 Å². The molecule has 0 aliphatic heterocycles. The molecule has 1 aromatic rings. The number of hydrogen-bond donors (Lipinski definition) is 3. The fourth-order valence-electron chi connectivity index (χ4n) is 2.68. The van der Waals surface area contributed by atoms with Gasteiger partial charge >= 0.3 is 0 Å². The number of aromatic nitrogens is 2. The summed E-state index contributed by atoms with van der Waals surface area (Å²) in [5, 5.41) is 16.3. The van der Waals surface area contributed by atoms with E-state index in [9.17, 15) is 5.11 Å². The number of aliphatic hydroxyl groups is 1. The van der Waals surface area contributed by atoms with Crippen LogP contribution in [0.5, 0.6) is 0 Å². The Balaban J connectivity index is 1.98. The van der Waals surface area contributed by atoms with Gasteiger partial charge < -0.3 is 15.7 Å². The van der Waals surface area contributed by atoms with Gasteiger partial charge in [0.15, 0.2) is 0 Å². The van der Waals surface area contributed by atoms with E-state index in [-0.39, 0.29) is 6.10 Å². The minimum absolute atomic E-state index is 0.0896. The van der Waals surface area contributed by atoms with E-state index in [4.69, 9.17) is 0 Å². The van der Waals surface area contributed by atoms with Crippen LogP contribution in [0.3, 0.4) is 0 Å². The molecular weight excluding hydrogens is 264 g/mol. The van der Waals surface area contributed by atoms with E-state index in [2.05, 4.69) is 41.4 Å². The van der Waals surface area contributed by atoms with Crippen LogP contribution in [0.15, 0.2) is 6.07 Å². The molecule has 1 heterocycles. The van der Waals surface area contributed by atoms with E-state index in [0.29, 0.717) is 11.8 Å². The summed E-state index contributed by atoms with van der Waals surface area (Å²) in [6, 6.07) is 1.98. The summed E-state index contributed by atoms with van der Waals surface area (Å²) in [5.41, 5.74) is 0. The summed E-state index contributed by atoms with van der Waals surface area (Å²) >= 11 is 0. The second-order valence-corrected chi connectivity index (χ2v) is 6.24. The molecule has 118 valence electrons. The van der Waals surface area contributed by atoms with Gasteiger partial charge in [0.25, 0.3) is 0 Å². The monoisotopic (exact) mass is 292 g/mol. The highest BCUT2D eigenvalue weighted by atomic mass is 16.3. The predicted octanol–water partition coefficient (Wildman–Crippen LogP) is 2.99. The van der Waals surface area contributed by atoms with Crippen molar-refractivity contribution in [2.45, 2.75) is 58.5 Å². The van der Waals surface area contributed by atoms with Crippen molar-refractivity contribution in [2.75, 3.05) is 23.7 Å². The van der Waals surface area contributed by atoms with Crippen LogP contribution < -0.4 is 10.6 Å². The highest BCUT2D eigenvalue weighted by Crippen LogP contribution is 2.25. The molecule has 1 saturated carbocycles. The van der Waals surface area contributed by atoms with Gasteiger partial charge in [-0.2, -0.15) is 0 Å². The van der Waals surface area contributed by atoms with E-state index in [1.807, 2.05) is 6.07 Å². The van der Waals surface area contributed by atoms with Crippen molar-refractivity contribution in [1.82, 2.24) is 9.97 Å². The highest BCUT2D eigenvalue weighted by Gasteiger charge is 2.19. The third-order valence-electron chi connectivity index (χ3n) is 4.01. The van der Waals surface area contributed by atoms with Crippen molar-refractivity contribution >= 4 is 11.6 Å². The molecule has 3 N–H and O–H groups in total. The van der Waals surface area contributed by atoms with Crippen molar-refractivity contribution in [2.24, 2.45) is 5.92 Å². The van der Waals surface area contributed by atoms with Crippen molar-refractivity contribution in [1.29, 1.82) is 0 Å². The summed E-state index contributed by atoms with van der Waals surface area (Å²) in [5.74, 6) is 3.60. The minimum atomic E-state index is -0.0896. The highest BCUT2D eigenvalue weighted by molar-refractivity contribution is 5.47. The normalized spacial score (nSPS) is 22.3. The van der Waals surface area contributed by atoms with Crippen LogP contribution in [0.25, 0.3) is 0 Å².